The molecule has 5 heteroatoms. The Bertz CT molecular complexity index is 781. The molecule has 0 aliphatic carbocycles. The molecule has 2 aromatic carbocycles. The summed E-state index contributed by atoms with van der Waals surface area (Å²) in [6.45, 7) is 2.02. The highest BCUT2D eigenvalue weighted by atomic mass is 16.5. The monoisotopic (exact) mass is 338 g/mol. The molecule has 0 radical (unpaired) electrons. The van der Waals surface area contributed by atoms with Crippen LogP contribution in [0.5, 0.6) is 11.5 Å². The van der Waals surface area contributed by atoms with E-state index < -0.39 is 5.92 Å². The highest BCUT2D eigenvalue weighted by molar-refractivity contribution is 5.95. The number of nitriles is 1. The summed E-state index contributed by atoms with van der Waals surface area (Å²) in [6.07, 6.45) is 1.05. The summed E-state index contributed by atoms with van der Waals surface area (Å²) in [4.78, 5) is 12.6. The lowest BCUT2D eigenvalue weighted by Gasteiger charge is -2.15. The Morgan fingerprint density at radius 3 is 2.56 bits per heavy atom. The van der Waals surface area contributed by atoms with E-state index in [1.165, 1.54) is 0 Å². The third kappa shape index (κ3) is 4.51. The van der Waals surface area contributed by atoms with Gasteiger partial charge >= 0.3 is 0 Å². The number of carbonyl (C=O) groups excluding carboxylic acids is 1. The molecule has 0 aliphatic heterocycles. The van der Waals surface area contributed by atoms with Gasteiger partial charge in [-0.1, -0.05) is 25.1 Å². The van der Waals surface area contributed by atoms with E-state index in [0.717, 1.165) is 23.2 Å². The molecule has 130 valence electrons. The van der Waals surface area contributed by atoms with Crippen molar-refractivity contribution in [1.29, 1.82) is 5.26 Å². The summed E-state index contributed by atoms with van der Waals surface area (Å²) in [5.41, 5.74) is 2.53. The third-order valence-corrected chi connectivity index (χ3v) is 4.04. The molecule has 0 fully saturated rings. The van der Waals surface area contributed by atoms with Gasteiger partial charge in [0.2, 0.25) is 5.91 Å². The van der Waals surface area contributed by atoms with Gasteiger partial charge in [-0.05, 0) is 41.8 Å². The van der Waals surface area contributed by atoms with E-state index in [9.17, 15) is 10.1 Å². The molecule has 1 N–H and O–H groups in total. The molecule has 0 aromatic heterocycles. The van der Waals surface area contributed by atoms with Crippen LogP contribution in [0.1, 0.15) is 18.1 Å². The maximum absolute atomic E-state index is 12.6. The second-order valence-corrected chi connectivity index (χ2v) is 5.56. The van der Waals surface area contributed by atoms with Gasteiger partial charge in [0.25, 0.3) is 0 Å². The normalized spacial score (nSPS) is 11.3. The molecular weight excluding hydrogens is 316 g/mol. The number of carbonyl (C=O) groups is 1. The first-order chi connectivity index (χ1) is 12.1. The number of hydrogen-bond donors (Lipinski definition) is 1. The van der Waals surface area contributed by atoms with E-state index in [1.807, 2.05) is 31.2 Å². The molecule has 2 aromatic rings. The van der Waals surface area contributed by atoms with Crippen LogP contribution in [0.2, 0.25) is 0 Å². The number of rotatable bonds is 7. The maximum Gasteiger partial charge on any atom is 0.242 e. The number of nitrogens with one attached hydrogen (secondary N) is 1. The average Bonchev–Trinajstić information content (AvgIpc) is 2.66. The summed E-state index contributed by atoms with van der Waals surface area (Å²) in [7, 11) is 3.13. The summed E-state index contributed by atoms with van der Waals surface area (Å²) in [5, 5.41) is 12.3. The van der Waals surface area contributed by atoms with E-state index in [2.05, 4.69) is 11.4 Å². The van der Waals surface area contributed by atoms with E-state index in [1.54, 1.807) is 32.4 Å². The van der Waals surface area contributed by atoms with Crippen LogP contribution in [-0.4, -0.2) is 20.1 Å². The lowest BCUT2D eigenvalue weighted by atomic mass is 9.98. The van der Waals surface area contributed by atoms with Crippen LogP contribution in [-0.2, 0) is 17.6 Å². The van der Waals surface area contributed by atoms with Gasteiger partial charge in [0.1, 0.15) is 17.4 Å². The van der Waals surface area contributed by atoms with Crippen LogP contribution in [0.25, 0.3) is 0 Å². The van der Waals surface area contributed by atoms with Crippen molar-refractivity contribution in [3.63, 3.8) is 0 Å². The molecular formula is C20H22N2O3. The fraction of sp³-hybridized carbons (Fsp3) is 0.300. The third-order valence-electron chi connectivity index (χ3n) is 4.04. The molecule has 0 heterocycles. The SMILES string of the molecule is CCc1ccccc1NC(=O)[C@H](C#N)Cc1cc(OC)ccc1OC. The number of methoxy groups -OCH3 is 2. The molecule has 0 bridgehead atoms. The number of hydrogen-bond acceptors (Lipinski definition) is 4. The predicted octanol–water partition coefficient (Wildman–Crippen LogP) is 3.59. The van der Waals surface area contributed by atoms with Crippen LogP contribution in [0.15, 0.2) is 42.5 Å². The Balaban J connectivity index is 2.20. The van der Waals surface area contributed by atoms with Crippen LogP contribution in [0.4, 0.5) is 5.69 Å². The van der Waals surface area contributed by atoms with Gasteiger partial charge in [0.05, 0.1) is 20.3 Å². The van der Waals surface area contributed by atoms with Crippen molar-refractivity contribution in [2.75, 3.05) is 19.5 Å². The van der Waals surface area contributed by atoms with E-state index in [0.29, 0.717) is 11.5 Å². The lowest BCUT2D eigenvalue weighted by Crippen LogP contribution is -2.24. The predicted molar refractivity (Wildman–Crippen MR) is 96.8 cm³/mol. The molecule has 0 saturated heterocycles. The highest BCUT2D eigenvalue weighted by Gasteiger charge is 2.21. The maximum atomic E-state index is 12.6. The van der Waals surface area contributed by atoms with Gasteiger partial charge < -0.3 is 14.8 Å². The van der Waals surface area contributed by atoms with E-state index in [-0.39, 0.29) is 12.3 Å². The Labute approximate surface area is 148 Å². The zero-order valence-electron chi connectivity index (χ0n) is 14.7. The Hall–Kier alpha value is -3.00. The van der Waals surface area contributed by atoms with Crippen molar-refractivity contribution >= 4 is 11.6 Å². The standard InChI is InChI=1S/C20H22N2O3/c1-4-14-7-5-6-8-18(14)22-20(23)16(13-21)11-15-12-17(24-2)9-10-19(15)25-3/h5-10,12,16H,4,11H2,1-3H3,(H,22,23)/t16-/m0/s1. The molecule has 2 rings (SSSR count). The second-order valence-electron chi connectivity index (χ2n) is 5.56. The van der Waals surface area contributed by atoms with Crippen LogP contribution in [0.3, 0.4) is 0 Å². The lowest BCUT2D eigenvalue weighted by molar-refractivity contribution is -0.118. The Morgan fingerprint density at radius 1 is 1.16 bits per heavy atom. The Kier molecular flexibility index (Phi) is 6.41. The number of para-hydroxylation sites is 1. The molecule has 5 nitrogen and oxygen atoms in total. The quantitative estimate of drug-likeness (QED) is 0.837. The average molecular weight is 338 g/mol. The number of aryl methyl sites for hydroxylation is 1. The molecule has 0 unspecified atom stereocenters. The molecule has 0 saturated carbocycles. The molecule has 1 atom stereocenters. The van der Waals surface area contributed by atoms with Gasteiger partial charge in [0.15, 0.2) is 0 Å². The first kappa shape index (κ1) is 18.3. The van der Waals surface area contributed by atoms with Crippen molar-refractivity contribution in [2.24, 2.45) is 5.92 Å². The van der Waals surface area contributed by atoms with E-state index in [4.69, 9.17) is 9.47 Å². The summed E-state index contributed by atoms with van der Waals surface area (Å²) < 4.78 is 10.5. The minimum absolute atomic E-state index is 0.247. The van der Waals surface area contributed by atoms with Gasteiger partial charge in [-0.25, -0.2) is 0 Å². The second kappa shape index (κ2) is 8.74. The number of amides is 1. The highest BCUT2D eigenvalue weighted by Crippen LogP contribution is 2.27. The fourth-order valence-electron chi connectivity index (χ4n) is 2.63. The zero-order chi connectivity index (χ0) is 18.2. The van der Waals surface area contributed by atoms with Crippen LogP contribution >= 0.6 is 0 Å². The number of benzene rings is 2. The fourth-order valence-corrected chi connectivity index (χ4v) is 2.63. The zero-order valence-corrected chi connectivity index (χ0v) is 14.7. The smallest absolute Gasteiger partial charge is 0.242 e. The van der Waals surface area contributed by atoms with Crippen molar-refractivity contribution in [3.05, 3.63) is 53.6 Å². The van der Waals surface area contributed by atoms with Crippen molar-refractivity contribution < 1.29 is 14.3 Å². The van der Waals surface area contributed by atoms with Gasteiger partial charge in [-0.2, -0.15) is 5.26 Å². The number of ether oxygens (including phenoxy) is 2. The van der Waals surface area contributed by atoms with E-state index >= 15 is 0 Å². The number of nitrogens with zero attached hydrogens (tertiary/aromatic N) is 1. The number of anilines is 1. The molecule has 0 aliphatic rings. The minimum Gasteiger partial charge on any atom is -0.497 e. The summed E-state index contributed by atoms with van der Waals surface area (Å²) in [5.74, 6) is 0.131. The van der Waals surface area contributed by atoms with Crippen molar-refractivity contribution in [2.45, 2.75) is 19.8 Å². The van der Waals surface area contributed by atoms with Crippen LogP contribution < -0.4 is 14.8 Å². The van der Waals surface area contributed by atoms with Crippen LogP contribution in [0, 0.1) is 17.2 Å². The largest absolute Gasteiger partial charge is 0.497 e. The van der Waals surface area contributed by atoms with Crippen molar-refractivity contribution in [3.8, 4) is 17.6 Å². The first-order valence-corrected chi connectivity index (χ1v) is 8.12. The summed E-state index contributed by atoms with van der Waals surface area (Å²) in [6, 6.07) is 15.0. The minimum atomic E-state index is -0.828. The van der Waals surface area contributed by atoms with Gasteiger partial charge in [-0.3, -0.25) is 4.79 Å². The molecule has 25 heavy (non-hydrogen) atoms. The van der Waals surface area contributed by atoms with Crippen molar-refractivity contribution in [1.82, 2.24) is 0 Å². The van der Waals surface area contributed by atoms with Gasteiger partial charge in [0, 0.05) is 12.1 Å². The topological polar surface area (TPSA) is 71.4 Å². The van der Waals surface area contributed by atoms with Gasteiger partial charge in [-0.15, -0.1) is 0 Å². The molecule has 0 spiro atoms. The first-order valence-electron chi connectivity index (χ1n) is 8.12. The Morgan fingerprint density at radius 2 is 1.92 bits per heavy atom. The molecule has 1 amide bonds. The summed E-state index contributed by atoms with van der Waals surface area (Å²) >= 11 is 0.